The van der Waals surface area contributed by atoms with E-state index in [-0.39, 0.29) is 30.8 Å². The maximum atomic E-state index is 13.1. The monoisotopic (exact) mass is 455 g/mol. The van der Waals surface area contributed by atoms with Crippen molar-refractivity contribution in [1.29, 1.82) is 0 Å². The number of nitrogens with one attached hydrogen (secondary N) is 1. The molecule has 1 heterocycles. The van der Waals surface area contributed by atoms with Crippen LogP contribution in [0, 0.1) is 5.82 Å². The van der Waals surface area contributed by atoms with Gasteiger partial charge in [0.1, 0.15) is 18.3 Å². The molecular weight excluding hydrogens is 425 g/mol. The van der Waals surface area contributed by atoms with Crippen LogP contribution >= 0.6 is 0 Å². The molecule has 1 N–H and O–H groups in total. The summed E-state index contributed by atoms with van der Waals surface area (Å²) in [6.45, 7) is 1.24. The molecule has 0 spiro atoms. The summed E-state index contributed by atoms with van der Waals surface area (Å²) in [5.41, 5.74) is 1.95. The number of rotatable bonds is 9. The Morgan fingerprint density at radius 1 is 1.15 bits per heavy atom. The van der Waals surface area contributed by atoms with Gasteiger partial charge in [-0.2, -0.15) is 0 Å². The number of benzene rings is 2. The van der Waals surface area contributed by atoms with Crippen molar-refractivity contribution in [3.8, 4) is 0 Å². The van der Waals surface area contributed by atoms with Crippen LogP contribution in [0.3, 0.4) is 0 Å². The third kappa shape index (κ3) is 6.59. The van der Waals surface area contributed by atoms with Crippen molar-refractivity contribution in [3.63, 3.8) is 0 Å². The molecule has 8 nitrogen and oxygen atoms in total. The van der Waals surface area contributed by atoms with Crippen molar-refractivity contribution < 1.29 is 18.8 Å². The number of nitrogens with zero attached hydrogens (tertiary/aromatic N) is 4. The summed E-state index contributed by atoms with van der Waals surface area (Å²) < 4.78 is 13.1. The van der Waals surface area contributed by atoms with E-state index in [1.807, 2.05) is 42.3 Å². The summed E-state index contributed by atoms with van der Waals surface area (Å²) in [4.78, 5) is 40.5. The Kier molecular flexibility index (Phi) is 8.51. The molecule has 1 aliphatic rings. The molecule has 176 valence electrons. The second-order valence-electron chi connectivity index (χ2n) is 8.14. The van der Waals surface area contributed by atoms with Crippen molar-refractivity contribution in [2.24, 2.45) is 0 Å². The van der Waals surface area contributed by atoms with E-state index in [2.05, 4.69) is 5.32 Å². The van der Waals surface area contributed by atoms with E-state index >= 15 is 0 Å². The summed E-state index contributed by atoms with van der Waals surface area (Å²) in [5, 5.41) is 6.00. The van der Waals surface area contributed by atoms with Crippen LogP contribution in [0.2, 0.25) is 0 Å². The minimum Gasteiger partial charge on any atom is -0.333 e. The molecule has 3 amide bonds. The van der Waals surface area contributed by atoms with E-state index in [0.717, 1.165) is 11.1 Å². The maximum absolute atomic E-state index is 13.1. The first kappa shape index (κ1) is 24.3. The second-order valence-corrected chi connectivity index (χ2v) is 8.14. The van der Waals surface area contributed by atoms with E-state index in [9.17, 15) is 18.8 Å². The van der Waals surface area contributed by atoms with Gasteiger partial charge in [-0.15, -0.1) is 0 Å². The molecule has 33 heavy (non-hydrogen) atoms. The van der Waals surface area contributed by atoms with E-state index in [4.69, 9.17) is 0 Å². The molecule has 0 bridgehead atoms. The number of halogens is 1. The number of hydrogen-bond donors (Lipinski definition) is 1. The van der Waals surface area contributed by atoms with Crippen LogP contribution in [0.5, 0.6) is 0 Å². The van der Waals surface area contributed by atoms with Crippen LogP contribution in [0.25, 0.3) is 0 Å². The van der Waals surface area contributed by atoms with Crippen LogP contribution in [0.4, 0.5) is 9.18 Å². The lowest BCUT2D eigenvalue weighted by Crippen LogP contribution is -2.69. The van der Waals surface area contributed by atoms with Crippen LogP contribution in [-0.4, -0.2) is 84.5 Å². The number of amides is 3. The average Bonchev–Trinajstić information content (AvgIpc) is 2.80. The molecule has 0 saturated carbocycles. The fourth-order valence-electron chi connectivity index (χ4n) is 3.85. The zero-order chi connectivity index (χ0) is 23.8. The topological polar surface area (TPSA) is 76.2 Å². The Morgan fingerprint density at radius 3 is 2.52 bits per heavy atom. The van der Waals surface area contributed by atoms with Gasteiger partial charge in [-0.05, 0) is 36.7 Å². The second kappa shape index (κ2) is 11.5. The number of urea groups is 1. The fourth-order valence-corrected chi connectivity index (χ4v) is 3.85. The third-order valence-electron chi connectivity index (χ3n) is 5.63. The Morgan fingerprint density at radius 2 is 1.85 bits per heavy atom. The van der Waals surface area contributed by atoms with Gasteiger partial charge in [0.2, 0.25) is 5.91 Å². The number of aldehydes is 1. The SMILES string of the molecule is CN(CCc1ccc(F)cc1)CC1N(CC=O)C(=O)CN(C)N1C(=O)NCc1ccccc1. The number of carbonyl (C=O) groups excluding carboxylic acids is 3. The molecule has 1 unspecified atom stereocenters. The predicted octanol–water partition coefficient (Wildman–Crippen LogP) is 1.73. The van der Waals surface area contributed by atoms with Gasteiger partial charge in [0.25, 0.3) is 0 Å². The van der Waals surface area contributed by atoms with Crippen LogP contribution in [0.15, 0.2) is 54.6 Å². The lowest BCUT2D eigenvalue weighted by molar-refractivity contribution is -0.165. The molecule has 2 aromatic carbocycles. The first-order valence-electron chi connectivity index (χ1n) is 10.9. The van der Waals surface area contributed by atoms with Gasteiger partial charge in [0.15, 0.2) is 0 Å². The van der Waals surface area contributed by atoms with E-state index in [0.29, 0.717) is 32.3 Å². The van der Waals surface area contributed by atoms with E-state index in [1.165, 1.54) is 22.0 Å². The number of hydrazine groups is 1. The minimum absolute atomic E-state index is 0.00237. The molecule has 0 aromatic heterocycles. The summed E-state index contributed by atoms with van der Waals surface area (Å²) in [5.74, 6) is -0.494. The number of likely N-dealkylation sites (N-methyl/N-ethyl adjacent to an activating group) is 2. The van der Waals surface area contributed by atoms with Crippen molar-refractivity contribution in [2.75, 3.05) is 40.3 Å². The highest BCUT2D eigenvalue weighted by molar-refractivity contribution is 5.84. The highest BCUT2D eigenvalue weighted by atomic mass is 19.1. The standard InChI is InChI=1S/C24H30FN5O3/c1-27(13-12-19-8-10-21(25)11-9-19)17-22-29(14-15-31)23(32)18-28(2)30(22)24(33)26-16-20-6-4-3-5-7-20/h3-11,15,22H,12-14,16-18H2,1-2H3,(H,26,33). The minimum atomic E-state index is -0.643. The maximum Gasteiger partial charge on any atom is 0.334 e. The lowest BCUT2D eigenvalue weighted by atomic mass is 10.1. The largest absolute Gasteiger partial charge is 0.334 e. The molecule has 1 fully saturated rings. The molecule has 1 saturated heterocycles. The average molecular weight is 456 g/mol. The molecule has 0 radical (unpaired) electrons. The Hall–Kier alpha value is -3.30. The van der Waals surface area contributed by atoms with Gasteiger partial charge in [-0.1, -0.05) is 42.5 Å². The highest BCUT2D eigenvalue weighted by Crippen LogP contribution is 2.17. The van der Waals surface area contributed by atoms with Crippen LogP contribution in [0.1, 0.15) is 11.1 Å². The van der Waals surface area contributed by atoms with Gasteiger partial charge >= 0.3 is 6.03 Å². The van der Waals surface area contributed by atoms with E-state index in [1.54, 1.807) is 24.2 Å². The molecule has 1 aliphatic heterocycles. The van der Waals surface area contributed by atoms with Crippen molar-refractivity contribution in [3.05, 3.63) is 71.5 Å². The number of carbonyl (C=O) groups is 3. The first-order chi connectivity index (χ1) is 15.9. The van der Waals surface area contributed by atoms with Crippen molar-refractivity contribution >= 4 is 18.2 Å². The predicted molar refractivity (Wildman–Crippen MR) is 122 cm³/mol. The van der Waals surface area contributed by atoms with Gasteiger partial charge < -0.3 is 19.9 Å². The van der Waals surface area contributed by atoms with Gasteiger partial charge in [0.05, 0.1) is 13.1 Å². The molecular formula is C24H30FN5O3. The summed E-state index contributed by atoms with van der Waals surface area (Å²) in [7, 11) is 3.57. The van der Waals surface area contributed by atoms with E-state index < -0.39 is 6.17 Å². The third-order valence-corrected chi connectivity index (χ3v) is 5.63. The van der Waals surface area contributed by atoms with Gasteiger partial charge in [-0.25, -0.2) is 19.2 Å². The zero-order valence-electron chi connectivity index (χ0n) is 19.0. The Balaban J connectivity index is 1.70. The van der Waals surface area contributed by atoms with Gasteiger partial charge in [0, 0.05) is 26.7 Å². The summed E-state index contributed by atoms with van der Waals surface area (Å²) in [6, 6.07) is 15.5. The zero-order valence-corrected chi connectivity index (χ0v) is 19.0. The van der Waals surface area contributed by atoms with Gasteiger partial charge in [-0.3, -0.25) is 4.79 Å². The van der Waals surface area contributed by atoms with Crippen molar-refractivity contribution in [2.45, 2.75) is 19.1 Å². The molecule has 1 atom stereocenters. The highest BCUT2D eigenvalue weighted by Gasteiger charge is 2.40. The smallest absolute Gasteiger partial charge is 0.333 e. The fraction of sp³-hybridized carbons (Fsp3) is 0.375. The lowest BCUT2D eigenvalue weighted by Gasteiger charge is -2.48. The summed E-state index contributed by atoms with van der Waals surface area (Å²) >= 11 is 0. The summed E-state index contributed by atoms with van der Waals surface area (Å²) in [6.07, 6.45) is 0.714. The van der Waals surface area contributed by atoms with Crippen LogP contribution < -0.4 is 5.32 Å². The Labute approximate surface area is 193 Å². The normalized spacial score (nSPS) is 16.8. The quantitative estimate of drug-likeness (QED) is 0.583. The van der Waals surface area contributed by atoms with Crippen molar-refractivity contribution in [1.82, 2.24) is 25.1 Å². The molecule has 2 aromatic rings. The molecule has 3 rings (SSSR count). The molecule has 9 heteroatoms. The first-order valence-corrected chi connectivity index (χ1v) is 10.9. The molecule has 0 aliphatic carbocycles. The Bertz CT molecular complexity index is 941. The van der Waals surface area contributed by atoms with Crippen LogP contribution in [-0.2, 0) is 22.6 Å². The number of hydrogen-bond acceptors (Lipinski definition) is 5.